The smallest absolute Gasteiger partial charge is 0.173 e. The molecule has 0 atom stereocenters. The van der Waals surface area contributed by atoms with E-state index in [-0.39, 0.29) is 11.7 Å². The molecule has 0 aliphatic carbocycles. The summed E-state index contributed by atoms with van der Waals surface area (Å²) < 4.78 is 13.2. The Hall–Kier alpha value is -2.08. The van der Waals surface area contributed by atoms with Crippen molar-refractivity contribution in [2.45, 2.75) is 23.6 Å². The molecule has 4 nitrogen and oxygen atoms in total. The second kappa shape index (κ2) is 5.92. The SMILES string of the molecule is Cc1cc(Sc2cccc(F)c2)c(/C(N)=N/O)c(C)n1. The number of halogens is 1. The highest BCUT2D eigenvalue weighted by Crippen LogP contribution is 2.32. The fourth-order valence-corrected chi connectivity index (χ4v) is 3.05. The molecule has 20 heavy (non-hydrogen) atoms. The van der Waals surface area contributed by atoms with Crippen LogP contribution in [0.1, 0.15) is 17.0 Å². The zero-order chi connectivity index (χ0) is 14.7. The molecule has 0 saturated heterocycles. The van der Waals surface area contributed by atoms with Gasteiger partial charge in [-0.2, -0.15) is 0 Å². The van der Waals surface area contributed by atoms with Crippen LogP contribution in [0.25, 0.3) is 0 Å². The van der Waals surface area contributed by atoms with Crippen molar-refractivity contribution in [3.05, 3.63) is 53.1 Å². The van der Waals surface area contributed by atoms with Crippen molar-refractivity contribution in [2.24, 2.45) is 10.9 Å². The molecule has 1 heterocycles. The third kappa shape index (κ3) is 3.08. The van der Waals surface area contributed by atoms with Crippen molar-refractivity contribution in [3.8, 4) is 0 Å². The van der Waals surface area contributed by atoms with Gasteiger partial charge in [0.05, 0.1) is 5.56 Å². The van der Waals surface area contributed by atoms with Crippen LogP contribution in [0.3, 0.4) is 0 Å². The number of amidine groups is 1. The zero-order valence-electron chi connectivity index (χ0n) is 11.1. The lowest BCUT2D eigenvalue weighted by Crippen LogP contribution is -2.17. The molecule has 104 valence electrons. The molecule has 0 saturated carbocycles. The van der Waals surface area contributed by atoms with E-state index in [1.165, 1.54) is 23.9 Å². The molecule has 0 unspecified atom stereocenters. The van der Waals surface area contributed by atoms with E-state index in [2.05, 4.69) is 10.1 Å². The molecule has 0 radical (unpaired) electrons. The highest BCUT2D eigenvalue weighted by molar-refractivity contribution is 7.99. The van der Waals surface area contributed by atoms with Crippen LogP contribution in [-0.4, -0.2) is 16.0 Å². The first-order chi connectivity index (χ1) is 9.51. The first-order valence-electron chi connectivity index (χ1n) is 5.91. The summed E-state index contributed by atoms with van der Waals surface area (Å²) in [5.74, 6) is -0.309. The Morgan fingerprint density at radius 1 is 1.35 bits per heavy atom. The highest BCUT2D eigenvalue weighted by Gasteiger charge is 2.14. The molecule has 0 fully saturated rings. The standard InChI is InChI=1S/C14H14FN3OS/c1-8-6-12(13(9(2)17-8)14(16)18-19)20-11-5-3-4-10(15)7-11/h3-7,19H,1-2H3,(H2,16,18). The topological polar surface area (TPSA) is 71.5 Å². The first-order valence-corrected chi connectivity index (χ1v) is 6.72. The predicted molar refractivity (Wildman–Crippen MR) is 76.7 cm³/mol. The van der Waals surface area contributed by atoms with Gasteiger partial charge in [0.2, 0.25) is 0 Å². The lowest BCUT2D eigenvalue weighted by atomic mass is 10.1. The van der Waals surface area contributed by atoms with Crippen molar-refractivity contribution in [2.75, 3.05) is 0 Å². The second-order valence-corrected chi connectivity index (χ2v) is 5.38. The van der Waals surface area contributed by atoms with Gasteiger partial charge in [-0.25, -0.2) is 4.39 Å². The Kier molecular flexibility index (Phi) is 4.24. The summed E-state index contributed by atoms with van der Waals surface area (Å²) in [5.41, 5.74) is 7.75. The maximum absolute atomic E-state index is 13.2. The molecule has 0 aliphatic heterocycles. The van der Waals surface area contributed by atoms with Crippen molar-refractivity contribution >= 4 is 17.6 Å². The molecule has 1 aromatic heterocycles. The van der Waals surface area contributed by atoms with Crippen LogP contribution < -0.4 is 5.73 Å². The van der Waals surface area contributed by atoms with Gasteiger partial charge in [-0.05, 0) is 38.1 Å². The summed E-state index contributed by atoms with van der Waals surface area (Å²) >= 11 is 1.35. The van der Waals surface area contributed by atoms with Crippen LogP contribution in [0.2, 0.25) is 0 Å². The number of aromatic nitrogens is 1. The summed E-state index contributed by atoms with van der Waals surface area (Å²) in [7, 11) is 0. The summed E-state index contributed by atoms with van der Waals surface area (Å²) in [5, 5.41) is 11.9. The van der Waals surface area contributed by atoms with Crippen molar-refractivity contribution in [1.29, 1.82) is 0 Å². The van der Waals surface area contributed by atoms with E-state index >= 15 is 0 Å². The summed E-state index contributed by atoms with van der Waals surface area (Å²) in [6, 6.07) is 8.09. The van der Waals surface area contributed by atoms with Crippen LogP contribution in [0, 0.1) is 19.7 Å². The number of hydrogen-bond acceptors (Lipinski definition) is 4. The van der Waals surface area contributed by atoms with Crippen molar-refractivity contribution in [3.63, 3.8) is 0 Å². The molecule has 0 amide bonds. The average molecular weight is 291 g/mol. The summed E-state index contributed by atoms with van der Waals surface area (Å²) in [4.78, 5) is 5.82. The van der Waals surface area contributed by atoms with E-state index in [0.717, 1.165) is 15.5 Å². The Morgan fingerprint density at radius 3 is 2.75 bits per heavy atom. The lowest BCUT2D eigenvalue weighted by Gasteiger charge is -2.11. The van der Waals surface area contributed by atoms with E-state index in [9.17, 15) is 4.39 Å². The third-order valence-electron chi connectivity index (χ3n) is 2.68. The molecule has 1 aromatic carbocycles. The van der Waals surface area contributed by atoms with Crippen LogP contribution in [0.5, 0.6) is 0 Å². The molecule has 2 aromatic rings. The van der Waals surface area contributed by atoms with E-state index in [1.54, 1.807) is 19.1 Å². The maximum Gasteiger partial charge on any atom is 0.173 e. The van der Waals surface area contributed by atoms with Crippen molar-refractivity contribution < 1.29 is 9.60 Å². The van der Waals surface area contributed by atoms with Crippen molar-refractivity contribution in [1.82, 2.24) is 4.98 Å². The fraction of sp³-hybridized carbons (Fsp3) is 0.143. The van der Waals surface area contributed by atoms with Gasteiger partial charge in [-0.15, -0.1) is 0 Å². The van der Waals surface area contributed by atoms with Gasteiger partial charge in [0.1, 0.15) is 5.82 Å². The van der Waals surface area contributed by atoms with Gasteiger partial charge in [0.25, 0.3) is 0 Å². The molecule has 0 bridgehead atoms. The van der Waals surface area contributed by atoms with E-state index in [4.69, 9.17) is 10.9 Å². The van der Waals surface area contributed by atoms with Gasteiger partial charge in [-0.1, -0.05) is 23.0 Å². The predicted octanol–water partition coefficient (Wildman–Crippen LogP) is 3.08. The van der Waals surface area contributed by atoms with Crippen LogP contribution >= 0.6 is 11.8 Å². The van der Waals surface area contributed by atoms with Gasteiger partial charge in [0.15, 0.2) is 5.84 Å². The molecular formula is C14H14FN3OS. The number of aryl methyl sites for hydroxylation is 2. The van der Waals surface area contributed by atoms with Gasteiger partial charge >= 0.3 is 0 Å². The number of hydrogen-bond donors (Lipinski definition) is 2. The Morgan fingerprint density at radius 2 is 2.10 bits per heavy atom. The summed E-state index contributed by atoms with van der Waals surface area (Å²) in [6.07, 6.45) is 0. The minimum atomic E-state index is -0.303. The average Bonchev–Trinajstić information content (AvgIpc) is 2.37. The van der Waals surface area contributed by atoms with Gasteiger partial charge in [0, 0.05) is 21.2 Å². The van der Waals surface area contributed by atoms with E-state index < -0.39 is 0 Å². The fourth-order valence-electron chi connectivity index (χ4n) is 1.89. The highest BCUT2D eigenvalue weighted by atomic mass is 32.2. The third-order valence-corrected chi connectivity index (χ3v) is 3.71. The monoisotopic (exact) mass is 291 g/mol. The Labute approximate surface area is 120 Å². The van der Waals surface area contributed by atoms with Crippen LogP contribution in [0.15, 0.2) is 45.3 Å². The number of rotatable bonds is 3. The number of nitrogens with zero attached hydrogens (tertiary/aromatic N) is 2. The normalized spacial score (nSPS) is 11.7. The van der Waals surface area contributed by atoms with Crippen LogP contribution in [-0.2, 0) is 0 Å². The van der Waals surface area contributed by atoms with Gasteiger partial charge < -0.3 is 10.9 Å². The zero-order valence-corrected chi connectivity index (χ0v) is 11.9. The molecular weight excluding hydrogens is 277 g/mol. The molecule has 0 aliphatic rings. The first kappa shape index (κ1) is 14.3. The largest absolute Gasteiger partial charge is 0.409 e. The van der Waals surface area contributed by atoms with E-state index in [1.807, 2.05) is 13.0 Å². The van der Waals surface area contributed by atoms with Crippen LogP contribution in [0.4, 0.5) is 4.39 Å². The number of oxime groups is 1. The molecule has 3 N–H and O–H groups in total. The number of nitrogens with two attached hydrogens (primary N) is 1. The minimum Gasteiger partial charge on any atom is -0.409 e. The number of benzene rings is 1. The molecule has 0 spiro atoms. The Balaban J connectivity index is 2.50. The maximum atomic E-state index is 13.2. The molecule has 2 rings (SSSR count). The summed E-state index contributed by atoms with van der Waals surface area (Å²) in [6.45, 7) is 3.65. The minimum absolute atomic E-state index is 0.00565. The molecule has 6 heteroatoms. The Bertz CT molecular complexity index is 673. The van der Waals surface area contributed by atoms with E-state index in [0.29, 0.717) is 11.3 Å². The lowest BCUT2D eigenvalue weighted by molar-refractivity contribution is 0.318. The quantitative estimate of drug-likeness (QED) is 0.394. The van der Waals surface area contributed by atoms with Gasteiger partial charge in [-0.3, -0.25) is 4.98 Å². The number of pyridine rings is 1. The second-order valence-electron chi connectivity index (χ2n) is 4.27.